The molecule has 0 amide bonds. The summed E-state index contributed by atoms with van der Waals surface area (Å²) in [4.78, 5) is 22.5. The number of ether oxygens (including phenoxy) is 3. The summed E-state index contributed by atoms with van der Waals surface area (Å²) in [6, 6.07) is 0.0679. The Morgan fingerprint density at radius 3 is 2.50 bits per heavy atom. The Morgan fingerprint density at radius 1 is 1.11 bits per heavy atom. The van der Waals surface area contributed by atoms with Crippen molar-refractivity contribution in [3.05, 3.63) is 5.82 Å². The van der Waals surface area contributed by atoms with Crippen LogP contribution in [0.1, 0.15) is 26.1 Å². The molecule has 100 valence electrons. The van der Waals surface area contributed by atoms with Crippen LogP contribution in [0.5, 0.6) is 12.0 Å². The van der Waals surface area contributed by atoms with Crippen LogP contribution in [0, 0.1) is 6.92 Å². The average molecular weight is 255 g/mol. The van der Waals surface area contributed by atoms with Crippen LogP contribution in [0.2, 0.25) is 0 Å². The number of hydrogen-bond acceptors (Lipinski definition) is 7. The Morgan fingerprint density at radius 2 is 1.83 bits per heavy atom. The van der Waals surface area contributed by atoms with Crippen LogP contribution in [-0.4, -0.2) is 40.7 Å². The van der Waals surface area contributed by atoms with Crippen molar-refractivity contribution in [2.24, 2.45) is 0 Å². The summed E-state index contributed by atoms with van der Waals surface area (Å²) in [6.45, 7) is 6.46. The van der Waals surface area contributed by atoms with Gasteiger partial charge < -0.3 is 14.2 Å². The molecule has 0 saturated heterocycles. The van der Waals surface area contributed by atoms with E-state index < -0.39 is 5.97 Å². The first-order chi connectivity index (χ1) is 8.61. The van der Waals surface area contributed by atoms with E-state index >= 15 is 0 Å². The molecule has 1 aromatic rings. The molecule has 1 heterocycles. The number of carbonyl (C=O) groups excluding carboxylic acids is 1. The second-order valence-corrected chi connectivity index (χ2v) is 3.50. The van der Waals surface area contributed by atoms with E-state index in [0.717, 1.165) is 6.42 Å². The summed E-state index contributed by atoms with van der Waals surface area (Å²) >= 11 is 0. The van der Waals surface area contributed by atoms with Crippen LogP contribution in [0.4, 0.5) is 0 Å². The van der Waals surface area contributed by atoms with E-state index in [2.05, 4.69) is 15.0 Å². The Bertz CT molecular complexity index is 398. The first kappa shape index (κ1) is 14.3. The molecule has 0 spiro atoms. The van der Waals surface area contributed by atoms with Crippen molar-refractivity contribution in [3.63, 3.8) is 0 Å². The maximum atomic E-state index is 10.8. The first-order valence-electron chi connectivity index (χ1n) is 5.73. The summed E-state index contributed by atoms with van der Waals surface area (Å²) in [7, 11) is 0. The molecule has 0 aliphatic heterocycles. The minimum Gasteiger partial charge on any atom is -0.461 e. The van der Waals surface area contributed by atoms with Gasteiger partial charge in [0.2, 0.25) is 0 Å². The van der Waals surface area contributed by atoms with Crippen molar-refractivity contribution in [1.29, 1.82) is 0 Å². The van der Waals surface area contributed by atoms with Gasteiger partial charge >= 0.3 is 18.0 Å². The van der Waals surface area contributed by atoms with Gasteiger partial charge in [0.25, 0.3) is 0 Å². The van der Waals surface area contributed by atoms with Crippen LogP contribution in [-0.2, 0) is 9.53 Å². The summed E-state index contributed by atoms with van der Waals surface area (Å²) in [5, 5.41) is 0. The van der Waals surface area contributed by atoms with E-state index in [9.17, 15) is 4.79 Å². The third-order valence-corrected chi connectivity index (χ3v) is 1.75. The molecule has 0 aliphatic carbocycles. The highest BCUT2D eigenvalue weighted by molar-refractivity contribution is 5.68. The summed E-state index contributed by atoms with van der Waals surface area (Å²) in [5.74, 6) is -0.0662. The van der Waals surface area contributed by atoms with Gasteiger partial charge in [-0.1, -0.05) is 6.92 Å². The second-order valence-electron chi connectivity index (χ2n) is 3.50. The van der Waals surface area contributed by atoms with Crippen molar-refractivity contribution >= 4 is 5.97 Å². The van der Waals surface area contributed by atoms with Crippen molar-refractivity contribution in [1.82, 2.24) is 15.0 Å². The third kappa shape index (κ3) is 5.53. The molecule has 18 heavy (non-hydrogen) atoms. The number of rotatable bonds is 7. The predicted molar refractivity (Wildman–Crippen MR) is 62.5 cm³/mol. The molecule has 0 fully saturated rings. The molecule has 0 N–H and O–H groups in total. The van der Waals surface area contributed by atoms with Crippen molar-refractivity contribution in [3.8, 4) is 12.0 Å². The van der Waals surface area contributed by atoms with Gasteiger partial charge in [0, 0.05) is 13.5 Å². The van der Waals surface area contributed by atoms with Crippen molar-refractivity contribution in [2.75, 3.05) is 19.8 Å². The lowest BCUT2D eigenvalue weighted by Crippen LogP contribution is -2.12. The summed E-state index contributed by atoms with van der Waals surface area (Å²) in [5.41, 5.74) is 0. The normalized spacial score (nSPS) is 10.2. The molecular formula is C11H17N3O4. The molecule has 0 atom stereocenters. The zero-order valence-electron chi connectivity index (χ0n) is 10.8. The summed E-state index contributed by atoms with van der Waals surface area (Å²) < 4.78 is 15.3. The van der Waals surface area contributed by atoms with E-state index in [1.54, 1.807) is 6.92 Å². The molecule has 0 aliphatic rings. The van der Waals surface area contributed by atoms with Crippen LogP contribution in [0.3, 0.4) is 0 Å². The molecule has 1 rings (SSSR count). The minimum atomic E-state index is -0.488. The fourth-order valence-electron chi connectivity index (χ4n) is 1.11. The highest BCUT2D eigenvalue weighted by Crippen LogP contribution is 2.09. The minimum absolute atomic E-state index is 0.0560. The van der Waals surface area contributed by atoms with Gasteiger partial charge in [-0.25, -0.2) is 0 Å². The van der Waals surface area contributed by atoms with Gasteiger partial charge in [-0.3, -0.25) is 4.79 Å². The predicted octanol–water partition coefficient (Wildman–Crippen LogP) is 0.911. The molecule has 0 saturated carbocycles. The molecule has 0 unspecified atom stereocenters. The Balaban J connectivity index is 2.49. The number of aromatic nitrogens is 3. The Kier molecular flexibility index (Phi) is 5.99. The summed E-state index contributed by atoms with van der Waals surface area (Å²) in [6.07, 6.45) is 0.960. The Hall–Kier alpha value is -1.76. The van der Waals surface area contributed by atoms with E-state index in [4.69, 9.17) is 14.2 Å². The van der Waals surface area contributed by atoms with Gasteiger partial charge in [0.05, 0.1) is 6.61 Å². The topological polar surface area (TPSA) is 83.4 Å². The maximum Gasteiger partial charge on any atom is 0.330 e. The van der Waals surface area contributed by atoms with E-state index in [1.165, 1.54) is 6.92 Å². The number of hydrogen-bond donors (Lipinski definition) is 0. The highest BCUT2D eigenvalue weighted by Gasteiger charge is 2.07. The van der Waals surface area contributed by atoms with E-state index in [-0.39, 0.29) is 12.0 Å². The number of nitrogens with zero attached hydrogens (tertiary/aromatic N) is 3. The van der Waals surface area contributed by atoms with Crippen molar-refractivity contribution < 1.29 is 19.0 Å². The zero-order valence-corrected chi connectivity index (χ0v) is 10.8. The SMILES string of the molecule is CCCOCCOc1nc(C)nc(OC(C)=O)n1. The van der Waals surface area contributed by atoms with Crippen LogP contribution < -0.4 is 9.47 Å². The average Bonchev–Trinajstić information content (AvgIpc) is 2.27. The highest BCUT2D eigenvalue weighted by atomic mass is 16.6. The second kappa shape index (κ2) is 7.54. The number of carbonyl (C=O) groups is 1. The molecule has 7 nitrogen and oxygen atoms in total. The molecule has 0 radical (unpaired) electrons. The molecular weight excluding hydrogens is 238 g/mol. The van der Waals surface area contributed by atoms with Gasteiger partial charge in [0.1, 0.15) is 12.4 Å². The standard InChI is InChI=1S/C11H17N3O4/c1-4-5-16-6-7-17-10-12-8(2)13-11(14-10)18-9(3)15/h4-7H2,1-3H3. The third-order valence-electron chi connectivity index (χ3n) is 1.75. The van der Waals surface area contributed by atoms with Crippen LogP contribution in [0.15, 0.2) is 0 Å². The van der Waals surface area contributed by atoms with E-state index in [1.807, 2.05) is 6.92 Å². The lowest BCUT2D eigenvalue weighted by Gasteiger charge is -2.06. The smallest absolute Gasteiger partial charge is 0.330 e. The lowest BCUT2D eigenvalue weighted by atomic mass is 10.5. The quantitative estimate of drug-likeness (QED) is 0.529. The van der Waals surface area contributed by atoms with Gasteiger partial charge in [-0.05, 0) is 13.3 Å². The zero-order chi connectivity index (χ0) is 13.4. The molecule has 0 aromatic carbocycles. The largest absolute Gasteiger partial charge is 0.461 e. The monoisotopic (exact) mass is 255 g/mol. The first-order valence-corrected chi connectivity index (χ1v) is 5.73. The van der Waals surface area contributed by atoms with Gasteiger partial charge in [-0.15, -0.1) is 4.98 Å². The fourth-order valence-corrected chi connectivity index (χ4v) is 1.11. The lowest BCUT2D eigenvalue weighted by molar-refractivity contribution is -0.132. The number of esters is 1. The molecule has 1 aromatic heterocycles. The van der Waals surface area contributed by atoms with Gasteiger partial charge in [0.15, 0.2) is 0 Å². The van der Waals surface area contributed by atoms with E-state index in [0.29, 0.717) is 25.6 Å². The van der Waals surface area contributed by atoms with Crippen LogP contribution in [0.25, 0.3) is 0 Å². The fraction of sp³-hybridized carbons (Fsp3) is 0.636. The molecule has 0 bridgehead atoms. The van der Waals surface area contributed by atoms with Gasteiger partial charge in [-0.2, -0.15) is 9.97 Å². The number of aryl methyl sites for hydroxylation is 1. The maximum absolute atomic E-state index is 10.8. The van der Waals surface area contributed by atoms with Crippen LogP contribution >= 0.6 is 0 Å². The molecule has 7 heteroatoms. The van der Waals surface area contributed by atoms with Crippen molar-refractivity contribution in [2.45, 2.75) is 27.2 Å². The Labute approximate surface area is 106 Å².